The molecule has 1 aromatic rings. The largest absolute Gasteiger partial charge is 0.463 e. The molecule has 11 heavy (non-hydrogen) atoms. The lowest BCUT2D eigenvalue weighted by Crippen LogP contribution is -2.03. The standard InChI is InChI=1S/C5H7N3O2.ClH/c1-10-5(9)4-7-2-3(6)8-4;/h2H,6H2,1H3,(H,7,8);1H. The number of hydrogen-bond acceptors (Lipinski definition) is 4. The zero-order valence-corrected chi connectivity index (χ0v) is 6.64. The number of methoxy groups -OCH3 is 1. The number of hydrogen-bond donors (Lipinski definition) is 2. The molecule has 0 amide bonds. The van der Waals surface area contributed by atoms with Gasteiger partial charge < -0.3 is 15.5 Å². The summed E-state index contributed by atoms with van der Waals surface area (Å²) in [6.07, 6.45) is 1.35. The molecule has 0 saturated carbocycles. The molecule has 0 radical (unpaired) electrons. The van der Waals surface area contributed by atoms with Crippen molar-refractivity contribution in [3.8, 4) is 0 Å². The summed E-state index contributed by atoms with van der Waals surface area (Å²) in [5.74, 6) is -0.0444. The van der Waals surface area contributed by atoms with Gasteiger partial charge in [-0.1, -0.05) is 0 Å². The van der Waals surface area contributed by atoms with Crippen molar-refractivity contribution in [3.63, 3.8) is 0 Å². The van der Waals surface area contributed by atoms with Gasteiger partial charge in [0, 0.05) is 0 Å². The van der Waals surface area contributed by atoms with Crippen LogP contribution in [0.15, 0.2) is 6.20 Å². The van der Waals surface area contributed by atoms with E-state index >= 15 is 0 Å². The Morgan fingerprint density at radius 3 is 2.82 bits per heavy atom. The van der Waals surface area contributed by atoms with Gasteiger partial charge in [0.25, 0.3) is 0 Å². The van der Waals surface area contributed by atoms with Gasteiger partial charge >= 0.3 is 5.97 Å². The number of nitrogen functional groups attached to an aromatic ring is 1. The maximum absolute atomic E-state index is 10.7. The summed E-state index contributed by atoms with van der Waals surface area (Å²) in [4.78, 5) is 16.8. The van der Waals surface area contributed by atoms with Crippen LogP contribution in [0.3, 0.4) is 0 Å². The van der Waals surface area contributed by atoms with Crippen LogP contribution in [0.2, 0.25) is 0 Å². The van der Waals surface area contributed by atoms with E-state index in [1.807, 2.05) is 0 Å². The van der Waals surface area contributed by atoms with E-state index in [4.69, 9.17) is 5.73 Å². The van der Waals surface area contributed by atoms with Crippen LogP contribution in [0.25, 0.3) is 0 Å². The highest BCUT2D eigenvalue weighted by Gasteiger charge is 2.07. The van der Waals surface area contributed by atoms with E-state index in [0.29, 0.717) is 5.82 Å². The summed E-state index contributed by atoms with van der Waals surface area (Å²) in [6, 6.07) is 0. The Hall–Kier alpha value is -1.23. The maximum atomic E-state index is 10.7. The molecule has 0 unspecified atom stereocenters. The number of halogens is 1. The number of anilines is 1. The number of nitrogens with two attached hydrogens (primary N) is 1. The average molecular weight is 178 g/mol. The van der Waals surface area contributed by atoms with Crippen molar-refractivity contribution in [1.82, 2.24) is 9.97 Å². The van der Waals surface area contributed by atoms with Gasteiger partial charge in [-0.25, -0.2) is 9.78 Å². The number of H-pyrrole nitrogens is 1. The minimum absolute atomic E-state index is 0. The van der Waals surface area contributed by atoms with E-state index in [2.05, 4.69) is 14.7 Å². The van der Waals surface area contributed by atoms with Gasteiger partial charge in [-0.2, -0.15) is 0 Å². The van der Waals surface area contributed by atoms with Gasteiger partial charge in [-0.05, 0) is 0 Å². The van der Waals surface area contributed by atoms with E-state index in [9.17, 15) is 4.79 Å². The van der Waals surface area contributed by atoms with Crippen molar-refractivity contribution in [1.29, 1.82) is 0 Å². The minimum atomic E-state index is -0.517. The molecule has 0 atom stereocenters. The van der Waals surface area contributed by atoms with Crippen LogP contribution in [-0.2, 0) is 4.74 Å². The third kappa shape index (κ3) is 2.12. The summed E-state index contributed by atoms with van der Waals surface area (Å²) in [5, 5.41) is 0. The Labute approximate surface area is 69.4 Å². The molecule has 0 spiro atoms. The van der Waals surface area contributed by atoms with Crippen molar-refractivity contribution in [2.75, 3.05) is 12.8 Å². The molecule has 0 aromatic carbocycles. The number of carbonyl (C=O) groups is 1. The smallest absolute Gasteiger partial charge is 0.374 e. The SMILES string of the molecule is COC(=O)c1ncc(N)[nH]1.Cl. The zero-order chi connectivity index (χ0) is 7.56. The molecule has 0 saturated heterocycles. The summed E-state index contributed by atoms with van der Waals surface area (Å²) in [5.41, 5.74) is 5.25. The molecular weight excluding hydrogens is 170 g/mol. The van der Waals surface area contributed by atoms with E-state index in [1.54, 1.807) is 0 Å². The number of nitrogens with zero attached hydrogens (tertiary/aromatic N) is 1. The molecule has 0 aliphatic carbocycles. The van der Waals surface area contributed by atoms with E-state index in [0.717, 1.165) is 0 Å². The number of aromatic nitrogens is 2. The Morgan fingerprint density at radius 2 is 2.45 bits per heavy atom. The lowest BCUT2D eigenvalue weighted by atomic mass is 10.6. The molecule has 1 rings (SSSR count). The first-order chi connectivity index (χ1) is 4.74. The molecule has 6 heteroatoms. The molecule has 3 N–H and O–H groups in total. The summed E-state index contributed by atoms with van der Waals surface area (Å²) >= 11 is 0. The Bertz CT molecular complexity index is 248. The van der Waals surface area contributed by atoms with E-state index in [-0.39, 0.29) is 18.2 Å². The van der Waals surface area contributed by atoms with Crippen molar-refractivity contribution in [2.45, 2.75) is 0 Å². The van der Waals surface area contributed by atoms with Crippen LogP contribution in [0.5, 0.6) is 0 Å². The second kappa shape index (κ2) is 3.82. The normalized spacial score (nSPS) is 8.45. The third-order valence-electron chi connectivity index (χ3n) is 0.974. The molecule has 0 fully saturated rings. The van der Waals surface area contributed by atoms with Crippen molar-refractivity contribution < 1.29 is 9.53 Å². The van der Waals surface area contributed by atoms with Crippen LogP contribution in [0, 0.1) is 0 Å². The van der Waals surface area contributed by atoms with Gasteiger partial charge in [0.15, 0.2) is 0 Å². The number of esters is 1. The van der Waals surface area contributed by atoms with Crippen molar-refractivity contribution in [3.05, 3.63) is 12.0 Å². The molecule has 0 aliphatic heterocycles. The first-order valence-electron chi connectivity index (χ1n) is 2.63. The molecule has 1 aromatic heterocycles. The Morgan fingerprint density at radius 1 is 1.82 bits per heavy atom. The van der Waals surface area contributed by atoms with Crippen LogP contribution < -0.4 is 5.73 Å². The summed E-state index contributed by atoms with van der Waals surface area (Å²) in [7, 11) is 1.28. The maximum Gasteiger partial charge on any atom is 0.374 e. The summed E-state index contributed by atoms with van der Waals surface area (Å²) in [6.45, 7) is 0. The van der Waals surface area contributed by atoms with Crippen LogP contribution in [0.1, 0.15) is 10.6 Å². The fourth-order valence-corrected chi connectivity index (χ4v) is 0.536. The van der Waals surface area contributed by atoms with Crippen molar-refractivity contribution >= 4 is 24.2 Å². The fraction of sp³-hybridized carbons (Fsp3) is 0.200. The van der Waals surface area contributed by atoms with Crippen LogP contribution >= 0.6 is 12.4 Å². The monoisotopic (exact) mass is 177 g/mol. The lowest BCUT2D eigenvalue weighted by molar-refractivity contribution is 0.0588. The molecule has 5 nitrogen and oxygen atoms in total. The fourth-order valence-electron chi connectivity index (χ4n) is 0.536. The van der Waals surface area contributed by atoms with Gasteiger partial charge in [0.05, 0.1) is 13.3 Å². The zero-order valence-electron chi connectivity index (χ0n) is 5.83. The predicted molar refractivity (Wildman–Crippen MR) is 41.6 cm³/mol. The first-order valence-corrected chi connectivity index (χ1v) is 2.63. The van der Waals surface area contributed by atoms with Gasteiger partial charge in [-0.15, -0.1) is 12.4 Å². The number of imidazole rings is 1. The van der Waals surface area contributed by atoms with Crippen molar-refractivity contribution in [2.24, 2.45) is 0 Å². The van der Waals surface area contributed by atoms with Gasteiger partial charge in [0.1, 0.15) is 5.82 Å². The van der Waals surface area contributed by atoms with Gasteiger partial charge in [-0.3, -0.25) is 0 Å². The quantitative estimate of drug-likeness (QED) is 0.601. The lowest BCUT2D eigenvalue weighted by Gasteiger charge is -1.90. The highest BCUT2D eigenvalue weighted by Crippen LogP contribution is 1.97. The molecular formula is C5H8ClN3O2. The number of ether oxygens (including phenoxy) is 1. The van der Waals surface area contributed by atoms with Crippen LogP contribution in [0.4, 0.5) is 5.82 Å². The van der Waals surface area contributed by atoms with Gasteiger partial charge in [0.2, 0.25) is 5.82 Å². The molecule has 0 aliphatic rings. The highest BCUT2D eigenvalue weighted by molar-refractivity contribution is 5.85. The number of carbonyl (C=O) groups excluding carboxylic acids is 1. The highest BCUT2D eigenvalue weighted by atomic mass is 35.5. The summed E-state index contributed by atoms with van der Waals surface area (Å²) < 4.78 is 4.36. The molecule has 62 valence electrons. The third-order valence-corrected chi connectivity index (χ3v) is 0.974. The molecule has 0 bridgehead atoms. The van der Waals surface area contributed by atoms with E-state index < -0.39 is 5.97 Å². The number of nitrogens with one attached hydrogen (secondary N) is 1. The topological polar surface area (TPSA) is 81.0 Å². The molecule has 1 heterocycles. The van der Waals surface area contributed by atoms with E-state index in [1.165, 1.54) is 13.3 Å². The Kier molecular flexibility index (Phi) is 3.39. The average Bonchev–Trinajstić information content (AvgIpc) is 2.34. The second-order valence-corrected chi connectivity index (χ2v) is 1.68. The number of aromatic amines is 1. The second-order valence-electron chi connectivity index (χ2n) is 1.68. The predicted octanol–water partition coefficient (Wildman–Crippen LogP) is 0.200. The van der Waals surface area contributed by atoms with Crippen LogP contribution in [-0.4, -0.2) is 23.0 Å². The first kappa shape index (κ1) is 9.77. The Balaban J connectivity index is 0.000001000. The number of rotatable bonds is 1. The minimum Gasteiger partial charge on any atom is -0.463 e.